The van der Waals surface area contributed by atoms with Crippen LogP contribution in [0.25, 0.3) is 5.57 Å². The molecule has 2 amide bonds. The lowest BCUT2D eigenvalue weighted by molar-refractivity contribution is -0.119. The number of hydrogen-bond acceptors (Lipinski definition) is 4. The molecule has 2 aromatic carbocycles. The van der Waals surface area contributed by atoms with Crippen molar-refractivity contribution in [3.63, 3.8) is 0 Å². The van der Waals surface area contributed by atoms with E-state index in [4.69, 9.17) is 21.1 Å². The van der Waals surface area contributed by atoms with Crippen LogP contribution in [0.1, 0.15) is 33.3 Å². The van der Waals surface area contributed by atoms with Gasteiger partial charge in [-0.2, -0.15) is 0 Å². The predicted octanol–water partition coefficient (Wildman–Crippen LogP) is 5.03. The molecular weight excluding hydrogens is 390 g/mol. The molecule has 0 aliphatic carbocycles. The highest BCUT2D eigenvalue weighted by molar-refractivity contribution is 6.60. The Morgan fingerprint density at radius 3 is 2.00 bits per heavy atom. The Balaban J connectivity index is 1.81. The Bertz CT molecular complexity index is 930. The molecule has 0 saturated heterocycles. The number of nitrogens with zero attached hydrogens (tertiary/aromatic N) is 1. The summed E-state index contributed by atoms with van der Waals surface area (Å²) >= 11 is 6.25. The van der Waals surface area contributed by atoms with Crippen LogP contribution in [0.5, 0.6) is 11.5 Å². The van der Waals surface area contributed by atoms with Gasteiger partial charge >= 0.3 is 0 Å². The van der Waals surface area contributed by atoms with E-state index in [1.807, 2.05) is 13.8 Å². The Kier molecular flexibility index (Phi) is 6.28. The van der Waals surface area contributed by atoms with Gasteiger partial charge in [-0.15, -0.1) is 0 Å². The monoisotopic (exact) mass is 413 g/mol. The van der Waals surface area contributed by atoms with Crippen molar-refractivity contribution in [3.8, 4) is 11.5 Å². The van der Waals surface area contributed by atoms with Crippen LogP contribution < -0.4 is 14.4 Å². The summed E-state index contributed by atoms with van der Waals surface area (Å²) in [6.45, 7) is 8.58. The number of carbonyl (C=O) groups excluding carboxylic acids is 2. The van der Waals surface area contributed by atoms with Gasteiger partial charge in [0.15, 0.2) is 0 Å². The minimum absolute atomic E-state index is 0.0429. The van der Waals surface area contributed by atoms with Gasteiger partial charge in [-0.3, -0.25) is 9.59 Å². The Hall–Kier alpha value is -2.79. The predicted molar refractivity (Wildman–Crippen MR) is 114 cm³/mol. The maximum atomic E-state index is 13.0. The van der Waals surface area contributed by atoms with Crippen LogP contribution in [0.2, 0.25) is 0 Å². The third kappa shape index (κ3) is 4.62. The summed E-state index contributed by atoms with van der Waals surface area (Å²) in [5, 5.41) is -0.0901. The molecule has 2 aromatic rings. The highest BCUT2D eigenvalue weighted by Gasteiger charge is 2.39. The fraction of sp³-hybridized carbons (Fsp3) is 0.304. The zero-order valence-electron chi connectivity index (χ0n) is 16.9. The van der Waals surface area contributed by atoms with E-state index < -0.39 is 11.8 Å². The SMILES string of the molecule is CC(C)COc1ccc(N2C(=O)C(Cl)=C(c3ccc(OC(C)C)cc3)C2=O)cc1. The van der Waals surface area contributed by atoms with Crippen LogP contribution in [-0.2, 0) is 9.59 Å². The van der Waals surface area contributed by atoms with E-state index in [9.17, 15) is 9.59 Å². The smallest absolute Gasteiger partial charge is 0.277 e. The van der Waals surface area contributed by atoms with Crippen molar-refractivity contribution in [2.75, 3.05) is 11.5 Å². The molecule has 0 N–H and O–H groups in total. The molecule has 5 nitrogen and oxygen atoms in total. The third-order valence-electron chi connectivity index (χ3n) is 4.22. The van der Waals surface area contributed by atoms with Crippen molar-refractivity contribution in [1.82, 2.24) is 0 Å². The first-order valence-corrected chi connectivity index (χ1v) is 9.94. The lowest BCUT2D eigenvalue weighted by Gasteiger charge is -2.16. The number of amides is 2. The lowest BCUT2D eigenvalue weighted by atomic mass is 10.1. The molecule has 0 bridgehead atoms. The van der Waals surface area contributed by atoms with Crippen LogP contribution in [0.15, 0.2) is 53.6 Å². The highest BCUT2D eigenvalue weighted by atomic mass is 35.5. The molecule has 0 unspecified atom stereocenters. The van der Waals surface area contributed by atoms with Crippen molar-refractivity contribution in [2.24, 2.45) is 5.92 Å². The van der Waals surface area contributed by atoms with E-state index in [0.717, 1.165) is 4.90 Å². The van der Waals surface area contributed by atoms with Crippen LogP contribution >= 0.6 is 11.6 Å². The fourth-order valence-electron chi connectivity index (χ4n) is 2.91. The van der Waals surface area contributed by atoms with E-state index >= 15 is 0 Å². The number of carbonyl (C=O) groups is 2. The quantitative estimate of drug-likeness (QED) is 0.597. The average molecular weight is 414 g/mol. The summed E-state index contributed by atoms with van der Waals surface area (Å²) in [6, 6.07) is 13.8. The second kappa shape index (κ2) is 8.70. The number of halogens is 1. The lowest BCUT2D eigenvalue weighted by Crippen LogP contribution is -2.31. The Labute approximate surface area is 175 Å². The van der Waals surface area contributed by atoms with E-state index in [2.05, 4.69) is 13.8 Å². The van der Waals surface area contributed by atoms with Gasteiger partial charge in [0.2, 0.25) is 0 Å². The molecular formula is C23H24ClNO4. The van der Waals surface area contributed by atoms with E-state index in [0.29, 0.717) is 35.3 Å². The van der Waals surface area contributed by atoms with Gasteiger partial charge in [-0.25, -0.2) is 4.90 Å². The molecule has 1 heterocycles. The van der Waals surface area contributed by atoms with Crippen molar-refractivity contribution in [3.05, 3.63) is 59.1 Å². The largest absolute Gasteiger partial charge is 0.493 e. The maximum absolute atomic E-state index is 13.0. The first kappa shape index (κ1) is 20.9. The third-order valence-corrected chi connectivity index (χ3v) is 4.57. The van der Waals surface area contributed by atoms with E-state index in [1.54, 1.807) is 48.5 Å². The van der Waals surface area contributed by atoms with Gasteiger partial charge in [-0.1, -0.05) is 37.6 Å². The Morgan fingerprint density at radius 2 is 1.45 bits per heavy atom. The summed E-state index contributed by atoms with van der Waals surface area (Å²) in [5.41, 5.74) is 1.21. The Morgan fingerprint density at radius 1 is 0.862 bits per heavy atom. The number of imide groups is 1. The maximum Gasteiger partial charge on any atom is 0.277 e. The molecule has 0 fully saturated rings. The molecule has 1 aliphatic heterocycles. The molecule has 0 saturated carbocycles. The van der Waals surface area contributed by atoms with Crippen LogP contribution in [0.3, 0.4) is 0 Å². The van der Waals surface area contributed by atoms with Gasteiger partial charge in [0.1, 0.15) is 16.5 Å². The number of ether oxygens (including phenoxy) is 2. The second-order valence-corrected chi connectivity index (χ2v) is 7.90. The summed E-state index contributed by atoms with van der Waals surface area (Å²) < 4.78 is 11.3. The molecule has 0 spiro atoms. The molecule has 29 heavy (non-hydrogen) atoms. The number of hydrogen-bond donors (Lipinski definition) is 0. The van der Waals surface area contributed by atoms with Gasteiger partial charge < -0.3 is 9.47 Å². The minimum Gasteiger partial charge on any atom is -0.493 e. The minimum atomic E-state index is -0.537. The number of benzene rings is 2. The molecule has 6 heteroatoms. The average Bonchev–Trinajstić information content (AvgIpc) is 2.90. The van der Waals surface area contributed by atoms with Gasteiger partial charge in [-0.05, 0) is 61.7 Å². The van der Waals surface area contributed by atoms with Gasteiger partial charge in [0, 0.05) is 0 Å². The first-order chi connectivity index (χ1) is 13.8. The van der Waals surface area contributed by atoms with E-state index in [-0.39, 0.29) is 16.7 Å². The van der Waals surface area contributed by atoms with Crippen molar-refractivity contribution in [2.45, 2.75) is 33.8 Å². The van der Waals surface area contributed by atoms with Gasteiger partial charge in [0.25, 0.3) is 11.8 Å². The summed E-state index contributed by atoms with van der Waals surface area (Å²) in [5.74, 6) is 0.783. The van der Waals surface area contributed by atoms with Crippen LogP contribution in [-0.4, -0.2) is 24.5 Å². The zero-order chi connectivity index (χ0) is 21.1. The van der Waals surface area contributed by atoms with Gasteiger partial charge in [0.05, 0.1) is 24.0 Å². The zero-order valence-corrected chi connectivity index (χ0v) is 17.7. The highest BCUT2D eigenvalue weighted by Crippen LogP contribution is 2.36. The molecule has 0 aromatic heterocycles. The number of rotatable bonds is 7. The summed E-state index contributed by atoms with van der Waals surface area (Å²) in [6.07, 6.45) is 0.0429. The fourth-order valence-corrected chi connectivity index (χ4v) is 3.19. The summed E-state index contributed by atoms with van der Waals surface area (Å²) in [4.78, 5) is 26.7. The molecule has 3 rings (SSSR count). The van der Waals surface area contributed by atoms with Crippen LogP contribution in [0, 0.1) is 5.92 Å². The summed E-state index contributed by atoms with van der Waals surface area (Å²) in [7, 11) is 0. The normalized spacial score (nSPS) is 14.4. The second-order valence-electron chi connectivity index (χ2n) is 7.52. The topological polar surface area (TPSA) is 55.8 Å². The molecule has 1 aliphatic rings. The molecule has 0 atom stereocenters. The van der Waals surface area contributed by atoms with Crippen molar-refractivity contribution >= 4 is 34.7 Å². The molecule has 152 valence electrons. The van der Waals surface area contributed by atoms with Crippen molar-refractivity contribution < 1.29 is 19.1 Å². The standard InChI is InChI=1S/C23H24ClNO4/c1-14(2)13-28-18-11-7-17(8-12-18)25-22(26)20(21(24)23(25)27)16-5-9-19(10-6-16)29-15(3)4/h5-12,14-15H,13H2,1-4H3. The van der Waals surface area contributed by atoms with E-state index in [1.165, 1.54) is 0 Å². The van der Waals surface area contributed by atoms with Crippen molar-refractivity contribution in [1.29, 1.82) is 0 Å². The number of anilines is 1. The molecule has 0 radical (unpaired) electrons. The van der Waals surface area contributed by atoms with Crippen LogP contribution in [0.4, 0.5) is 5.69 Å². The first-order valence-electron chi connectivity index (χ1n) is 9.56.